The van der Waals surface area contributed by atoms with Crippen LogP contribution in [0.2, 0.25) is 0 Å². The normalized spacial score (nSPS) is 10.6. The number of nitro groups is 1. The molecule has 0 bridgehead atoms. The van der Waals surface area contributed by atoms with E-state index >= 15 is 0 Å². The first-order chi connectivity index (χ1) is 8.15. The minimum absolute atomic E-state index is 0.190. The predicted octanol–water partition coefficient (Wildman–Crippen LogP) is 2.71. The van der Waals surface area contributed by atoms with Gasteiger partial charge in [-0.25, -0.2) is 4.98 Å². The summed E-state index contributed by atoms with van der Waals surface area (Å²) < 4.78 is 0. The van der Waals surface area contributed by atoms with Crippen molar-refractivity contribution in [1.82, 2.24) is 10.3 Å². The maximum absolute atomic E-state index is 10.5. The molecular formula is C10H11N3O2S2. The first-order valence-electron chi connectivity index (χ1n) is 5.00. The highest BCUT2D eigenvalue weighted by atomic mass is 32.1. The number of thiazole rings is 1. The Balaban J connectivity index is 1.83. The van der Waals surface area contributed by atoms with Gasteiger partial charge in [0.25, 0.3) is 0 Å². The molecule has 0 amide bonds. The predicted molar refractivity (Wildman–Crippen MR) is 68.4 cm³/mol. The van der Waals surface area contributed by atoms with E-state index in [9.17, 15) is 10.1 Å². The van der Waals surface area contributed by atoms with Crippen LogP contribution >= 0.6 is 22.7 Å². The van der Waals surface area contributed by atoms with Crippen molar-refractivity contribution in [2.45, 2.75) is 20.0 Å². The molecule has 0 radical (unpaired) electrons. The zero-order valence-corrected chi connectivity index (χ0v) is 10.8. The average molecular weight is 269 g/mol. The van der Waals surface area contributed by atoms with Crippen LogP contribution in [0, 0.1) is 17.0 Å². The lowest BCUT2D eigenvalue weighted by Gasteiger charge is -1.98. The van der Waals surface area contributed by atoms with Gasteiger partial charge in [-0.2, -0.15) is 0 Å². The standard InChI is InChI=1S/C10H11N3O2S2/c1-7-12-6-9(16-7)5-11-4-8-2-3-10(17-8)13(14)15/h2-3,6,11H,4-5H2,1H3. The molecule has 2 rings (SSSR count). The van der Waals surface area contributed by atoms with Gasteiger partial charge in [-0.15, -0.1) is 11.3 Å². The number of nitrogens with one attached hydrogen (secondary N) is 1. The average Bonchev–Trinajstić information content (AvgIpc) is 2.88. The first-order valence-corrected chi connectivity index (χ1v) is 6.63. The second kappa shape index (κ2) is 5.35. The first kappa shape index (κ1) is 12.2. The number of nitrogens with zero attached hydrogens (tertiary/aromatic N) is 2. The number of hydrogen-bond donors (Lipinski definition) is 1. The summed E-state index contributed by atoms with van der Waals surface area (Å²) in [6, 6.07) is 3.33. The maximum atomic E-state index is 10.5. The summed E-state index contributed by atoms with van der Waals surface area (Å²) in [4.78, 5) is 16.4. The van der Waals surface area contributed by atoms with E-state index in [1.807, 2.05) is 13.1 Å². The number of aromatic nitrogens is 1. The molecule has 1 N–H and O–H groups in total. The largest absolute Gasteiger partial charge is 0.324 e. The number of thiophene rings is 1. The molecule has 0 saturated carbocycles. The molecule has 90 valence electrons. The van der Waals surface area contributed by atoms with Gasteiger partial charge in [0.1, 0.15) is 0 Å². The molecule has 0 aromatic carbocycles. The topological polar surface area (TPSA) is 68.1 Å². The van der Waals surface area contributed by atoms with Crippen molar-refractivity contribution in [2.75, 3.05) is 0 Å². The second-order valence-corrected chi connectivity index (χ2v) is 5.91. The summed E-state index contributed by atoms with van der Waals surface area (Å²) in [5, 5.41) is 15.0. The summed E-state index contributed by atoms with van der Waals surface area (Å²) in [7, 11) is 0. The Morgan fingerprint density at radius 1 is 1.35 bits per heavy atom. The van der Waals surface area contributed by atoms with Crippen molar-refractivity contribution in [3.05, 3.63) is 43.2 Å². The summed E-state index contributed by atoms with van der Waals surface area (Å²) in [5.41, 5.74) is 0. The van der Waals surface area contributed by atoms with Crippen molar-refractivity contribution in [3.63, 3.8) is 0 Å². The van der Waals surface area contributed by atoms with E-state index in [4.69, 9.17) is 0 Å². The third-order valence-electron chi connectivity index (χ3n) is 2.10. The quantitative estimate of drug-likeness (QED) is 0.669. The smallest absolute Gasteiger partial charge is 0.307 e. The van der Waals surface area contributed by atoms with Gasteiger partial charge in [0, 0.05) is 35.1 Å². The van der Waals surface area contributed by atoms with E-state index in [0.29, 0.717) is 6.54 Å². The van der Waals surface area contributed by atoms with E-state index in [1.54, 1.807) is 23.5 Å². The molecule has 0 unspecified atom stereocenters. The van der Waals surface area contributed by atoms with Crippen molar-refractivity contribution in [3.8, 4) is 0 Å². The van der Waals surface area contributed by atoms with Gasteiger partial charge in [0.2, 0.25) is 0 Å². The maximum Gasteiger partial charge on any atom is 0.324 e. The highest BCUT2D eigenvalue weighted by Crippen LogP contribution is 2.23. The molecule has 17 heavy (non-hydrogen) atoms. The molecule has 0 saturated heterocycles. The molecule has 2 aromatic rings. The van der Waals surface area contributed by atoms with Gasteiger partial charge in [0.15, 0.2) is 0 Å². The van der Waals surface area contributed by atoms with Crippen LogP contribution in [-0.2, 0) is 13.1 Å². The fraction of sp³-hybridized carbons (Fsp3) is 0.300. The van der Waals surface area contributed by atoms with Crippen LogP contribution in [0.4, 0.5) is 5.00 Å². The fourth-order valence-corrected chi connectivity index (χ4v) is 2.91. The summed E-state index contributed by atoms with van der Waals surface area (Å²) in [6.45, 7) is 3.36. The molecule has 0 aliphatic carbocycles. The number of aryl methyl sites for hydroxylation is 1. The lowest BCUT2D eigenvalue weighted by Crippen LogP contribution is -2.10. The zero-order valence-electron chi connectivity index (χ0n) is 9.17. The molecule has 0 atom stereocenters. The van der Waals surface area contributed by atoms with E-state index in [1.165, 1.54) is 16.2 Å². The minimum atomic E-state index is -0.360. The Hall–Kier alpha value is -1.31. The van der Waals surface area contributed by atoms with E-state index in [0.717, 1.165) is 16.4 Å². The lowest BCUT2D eigenvalue weighted by atomic mass is 10.4. The van der Waals surface area contributed by atoms with Crippen LogP contribution in [0.5, 0.6) is 0 Å². The van der Waals surface area contributed by atoms with E-state index in [-0.39, 0.29) is 9.92 Å². The number of rotatable bonds is 5. The van der Waals surface area contributed by atoms with Crippen LogP contribution < -0.4 is 5.32 Å². The Bertz CT molecular complexity index is 521. The van der Waals surface area contributed by atoms with Crippen molar-refractivity contribution < 1.29 is 4.92 Å². The second-order valence-electron chi connectivity index (χ2n) is 3.45. The molecule has 0 aliphatic heterocycles. The zero-order chi connectivity index (χ0) is 12.3. The Morgan fingerprint density at radius 2 is 2.12 bits per heavy atom. The van der Waals surface area contributed by atoms with Crippen LogP contribution in [0.25, 0.3) is 0 Å². The third kappa shape index (κ3) is 3.32. The highest BCUT2D eigenvalue weighted by Gasteiger charge is 2.09. The van der Waals surface area contributed by atoms with Gasteiger partial charge in [-0.1, -0.05) is 11.3 Å². The molecule has 5 nitrogen and oxygen atoms in total. The van der Waals surface area contributed by atoms with Crippen molar-refractivity contribution in [2.24, 2.45) is 0 Å². The Morgan fingerprint density at radius 3 is 2.71 bits per heavy atom. The monoisotopic (exact) mass is 269 g/mol. The van der Waals surface area contributed by atoms with Crippen LogP contribution in [0.15, 0.2) is 18.3 Å². The van der Waals surface area contributed by atoms with Gasteiger partial charge in [-0.3, -0.25) is 10.1 Å². The number of hydrogen-bond acceptors (Lipinski definition) is 6. The Labute approximate surface area is 106 Å². The minimum Gasteiger partial charge on any atom is -0.307 e. The van der Waals surface area contributed by atoms with E-state index < -0.39 is 0 Å². The molecular weight excluding hydrogens is 258 g/mol. The molecule has 0 spiro atoms. The highest BCUT2D eigenvalue weighted by molar-refractivity contribution is 7.15. The van der Waals surface area contributed by atoms with Crippen LogP contribution in [0.3, 0.4) is 0 Å². The molecule has 2 heterocycles. The van der Waals surface area contributed by atoms with Crippen molar-refractivity contribution in [1.29, 1.82) is 0 Å². The van der Waals surface area contributed by atoms with Gasteiger partial charge >= 0.3 is 5.00 Å². The van der Waals surface area contributed by atoms with Gasteiger partial charge in [0.05, 0.1) is 9.93 Å². The SMILES string of the molecule is Cc1ncc(CNCc2ccc([N+](=O)[O-])s2)s1. The third-order valence-corrected chi connectivity index (χ3v) is 4.04. The summed E-state index contributed by atoms with van der Waals surface area (Å²) in [5.74, 6) is 0. The fourth-order valence-electron chi connectivity index (χ4n) is 1.36. The van der Waals surface area contributed by atoms with Crippen LogP contribution in [-0.4, -0.2) is 9.91 Å². The van der Waals surface area contributed by atoms with Gasteiger partial charge < -0.3 is 5.32 Å². The van der Waals surface area contributed by atoms with Crippen LogP contribution in [0.1, 0.15) is 14.8 Å². The van der Waals surface area contributed by atoms with E-state index in [2.05, 4.69) is 10.3 Å². The molecule has 7 heteroatoms. The van der Waals surface area contributed by atoms with Crippen molar-refractivity contribution >= 4 is 27.7 Å². The molecule has 2 aromatic heterocycles. The Kier molecular flexibility index (Phi) is 3.82. The summed E-state index contributed by atoms with van der Waals surface area (Å²) in [6.07, 6.45) is 1.85. The molecule has 0 aliphatic rings. The van der Waals surface area contributed by atoms with Gasteiger partial charge in [-0.05, 0) is 13.0 Å². The summed E-state index contributed by atoms with van der Waals surface area (Å²) >= 11 is 2.86. The lowest BCUT2D eigenvalue weighted by molar-refractivity contribution is -0.380. The molecule has 0 fully saturated rings.